The van der Waals surface area contributed by atoms with Crippen LogP contribution in [-0.4, -0.2) is 17.2 Å². The van der Waals surface area contributed by atoms with Crippen LogP contribution in [0.4, 0.5) is 10.6 Å². The summed E-state index contributed by atoms with van der Waals surface area (Å²) in [7, 11) is 0. The standard InChI is InChI=1S/C14H13Cl2N3O2/c1-9(21-12-4-2-10(15)3-5-12)18-14(20)19-13-8-11(16)6-7-17-13/h2-9H,1H3,(H2,17,18,19,20). The summed E-state index contributed by atoms with van der Waals surface area (Å²) in [5, 5.41) is 6.29. The zero-order chi connectivity index (χ0) is 15.2. The zero-order valence-corrected chi connectivity index (χ0v) is 12.7. The van der Waals surface area contributed by atoms with Crippen LogP contribution in [0.3, 0.4) is 0 Å². The van der Waals surface area contributed by atoms with E-state index < -0.39 is 12.3 Å². The molecule has 0 saturated heterocycles. The molecule has 2 rings (SSSR count). The molecule has 2 aromatic rings. The topological polar surface area (TPSA) is 63.2 Å². The molecule has 1 unspecified atom stereocenters. The first-order chi connectivity index (χ1) is 10.0. The highest BCUT2D eigenvalue weighted by Crippen LogP contribution is 2.16. The SMILES string of the molecule is CC(NC(=O)Nc1cc(Cl)ccn1)Oc1ccc(Cl)cc1. The predicted molar refractivity (Wildman–Crippen MR) is 82.9 cm³/mol. The summed E-state index contributed by atoms with van der Waals surface area (Å²) in [5.74, 6) is 0.965. The van der Waals surface area contributed by atoms with Gasteiger partial charge in [-0.15, -0.1) is 0 Å². The van der Waals surface area contributed by atoms with Crippen LogP contribution in [0.5, 0.6) is 5.75 Å². The third kappa shape index (κ3) is 5.13. The fraction of sp³-hybridized carbons (Fsp3) is 0.143. The van der Waals surface area contributed by atoms with Crippen molar-refractivity contribution in [2.24, 2.45) is 0 Å². The van der Waals surface area contributed by atoms with Crippen LogP contribution in [-0.2, 0) is 0 Å². The molecule has 0 radical (unpaired) electrons. The Morgan fingerprint density at radius 3 is 2.57 bits per heavy atom. The van der Waals surface area contributed by atoms with Crippen LogP contribution in [0.25, 0.3) is 0 Å². The summed E-state index contributed by atoms with van der Waals surface area (Å²) in [4.78, 5) is 15.7. The summed E-state index contributed by atoms with van der Waals surface area (Å²) in [6.07, 6.45) is 0.983. The minimum absolute atomic E-state index is 0.360. The van der Waals surface area contributed by atoms with Crippen LogP contribution < -0.4 is 15.4 Å². The number of urea groups is 1. The molecule has 1 heterocycles. The average Bonchev–Trinajstić information content (AvgIpc) is 2.41. The molecule has 7 heteroatoms. The number of aromatic nitrogens is 1. The third-order valence-electron chi connectivity index (χ3n) is 2.42. The van der Waals surface area contributed by atoms with Gasteiger partial charge in [-0.2, -0.15) is 0 Å². The zero-order valence-electron chi connectivity index (χ0n) is 11.1. The van der Waals surface area contributed by atoms with Crippen molar-refractivity contribution in [3.63, 3.8) is 0 Å². The summed E-state index contributed by atoms with van der Waals surface area (Å²) >= 11 is 11.6. The van der Waals surface area contributed by atoms with Gasteiger partial charge >= 0.3 is 6.03 Å². The Bertz CT molecular complexity index is 620. The lowest BCUT2D eigenvalue weighted by Gasteiger charge is -2.16. The van der Waals surface area contributed by atoms with Crippen molar-refractivity contribution in [1.29, 1.82) is 0 Å². The Labute approximate surface area is 132 Å². The number of carbonyl (C=O) groups excluding carboxylic acids is 1. The van der Waals surface area contributed by atoms with E-state index in [0.29, 0.717) is 21.6 Å². The Kier molecular flexibility index (Phi) is 5.25. The lowest BCUT2D eigenvalue weighted by Crippen LogP contribution is -2.39. The molecule has 1 atom stereocenters. The minimum Gasteiger partial charge on any atom is -0.471 e. The Morgan fingerprint density at radius 1 is 1.19 bits per heavy atom. The van der Waals surface area contributed by atoms with Crippen molar-refractivity contribution < 1.29 is 9.53 Å². The molecule has 0 aliphatic rings. The van der Waals surface area contributed by atoms with Crippen molar-refractivity contribution in [2.45, 2.75) is 13.2 Å². The van der Waals surface area contributed by atoms with Crippen LogP contribution in [0.1, 0.15) is 6.92 Å². The van der Waals surface area contributed by atoms with Gasteiger partial charge in [-0.05, 0) is 43.3 Å². The van der Waals surface area contributed by atoms with Gasteiger partial charge < -0.3 is 10.1 Å². The monoisotopic (exact) mass is 325 g/mol. The molecule has 0 saturated carbocycles. The van der Waals surface area contributed by atoms with E-state index >= 15 is 0 Å². The maximum Gasteiger partial charge on any atom is 0.323 e. The molecule has 0 bridgehead atoms. The molecule has 1 aromatic carbocycles. The van der Waals surface area contributed by atoms with Gasteiger partial charge in [-0.3, -0.25) is 5.32 Å². The van der Waals surface area contributed by atoms with Gasteiger partial charge in [0.05, 0.1) is 0 Å². The molecule has 5 nitrogen and oxygen atoms in total. The van der Waals surface area contributed by atoms with E-state index in [2.05, 4.69) is 15.6 Å². The van der Waals surface area contributed by atoms with E-state index in [-0.39, 0.29) is 0 Å². The van der Waals surface area contributed by atoms with Gasteiger partial charge in [0.2, 0.25) is 0 Å². The number of anilines is 1. The van der Waals surface area contributed by atoms with Crippen molar-refractivity contribution >= 4 is 35.1 Å². The molecule has 1 aromatic heterocycles. The minimum atomic E-state index is -0.523. The lowest BCUT2D eigenvalue weighted by molar-refractivity contribution is 0.183. The average molecular weight is 326 g/mol. The van der Waals surface area contributed by atoms with Crippen molar-refractivity contribution in [3.05, 3.63) is 52.6 Å². The molecule has 0 aliphatic heterocycles. The molecular weight excluding hydrogens is 313 g/mol. The number of ether oxygens (including phenoxy) is 1. The summed E-state index contributed by atoms with van der Waals surface area (Å²) in [6.45, 7) is 1.71. The number of rotatable bonds is 4. The summed E-state index contributed by atoms with van der Waals surface area (Å²) in [5.41, 5.74) is 0. The van der Waals surface area contributed by atoms with Gasteiger partial charge in [0, 0.05) is 16.2 Å². The quantitative estimate of drug-likeness (QED) is 0.837. The second-order valence-electron chi connectivity index (χ2n) is 4.17. The van der Waals surface area contributed by atoms with Crippen molar-refractivity contribution in [2.75, 3.05) is 5.32 Å². The number of amides is 2. The normalized spacial score (nSPS) is 11.6. The first-order valence-corrected chi connectivity index (χ1v) is 6.90. The van der Waals surface area contributed by atoms with E-state index in [9.17, 15) is 4.79 Å². The molecule has 2 N–H and O–H groups in total. The lowest BCUT2D eigenvalue weighted by atomic mass is 10.3. The number of nitrogens with one attached hydrogen (secondary N) is 2. The number of nitrogens with zero attached hydrogens (tertiary/aromatic N) is 1. The first-order valence-electron chi connectivity index (χ1n) is 6.14. The maximum atomic E-state index is 11.8. The molecule has 0 aliphatic carbocycles. The maximum absolute atomic E-state index is 11.8. The predicted octanol–water partition coefficient (Wildman–Crippen LogP) is 3.93. The number of carbonyl (C=O) groups is 1. The Hall–Kier alpha value is -1.98. The van der Waals surface area contributed by atoms with Crippen LogP contribution >= 0.6 is 23.2 Å². The van der Waals surface area contributed by atoms with Crippen LogP contribution in [0.2, 0.25) is 10.0 Å². The van der Waals surface area contributed by atoms with E-state index in [4.69, 9.17) is 27.9 Å². The molecule has 0 fully saturated rings. The van der Waals surface area contributed by atoms with Crippen LogP contribution in [0, 0.1) is 0 Å². The molecule has 2 amide bonds. The van der Waals surface area contributed by atoms with Crippen molar-refractivity contribution in [3.8, 4) is 5.75 Å². The van der Waals surface area contributed by atoms with E-state index in [0.717, 1.165) is 0 Å². The van der Waals surface area contributed by atoms with Gasteiger partial charge in [0.25, 0.3) is 0 Å². The fourth-order valence-electron chi connectivity index (χ4n) is 1.56. The summed E-state index contributed by atoms with van der Waals surface area (Å²) in [6, 6.07) is 9.58. The number of halogens is 2. The fourth-order valence-corrected chi connectivity index (χ4v) is 1.84. The van der Waals surface area contributed by atoms with E-state index in [1.54, 1.807) is 43.3 Å². The molecular formula is C14H13Cl2N3O2. The smallest absolute Gasteiger partial charge is 0.323 e. The Balaban J connectivity index is 1.86. The molecule has 21 heavy (non-hydrogen) atoms. The van der Waals surface area contributed by atoms with Gasteiger partial charge in [-0.1, -0.05) is 23.2 Å². The number of pyridine rings is 1. The number of hydrogen-bond acceptors (Lipinski definition) is 3. The molecule has 110 valence electrons. The third-order valence-corrected chi connectivity index (χ3v) is 2.91. The molecule has 0 spiro atoms. The van der Waals surface area contributed by atoms with E-state index in [1.165, 1.54) is 6.20 Å². The van der Waals surface area contributed by atoms with Crippen molar-refractivity contribution in [1.82, 2.24) is 10.3 Å². The second kappa shape index (κ2) is 7.15. The Morgan fingerprint density at radius 2 is 1.90 bits per heavy atom. The number of hydrogen-bond donors (Lipinski definition) is 2. The number of benzene rings is 1. The highest BCUT2D eigenvalue weighted by atomic mass is 35.5. The van der Waals surface area contributed by atoms with Gasteiger partial charge in [-0.25, -0.2) is 9.78 Å². The first kappa shape index (κ1) is 15.4. The van der Waals surface area contributed by atoms with Crippen LogP contribution in [0.15, 0.2) is 42.6 Å². The van der Waals surface area contributed by atoms with Gasteiger partial charge in [0.15, 0.2) is 6.23 Å². The highest BCUT2D eigenvalue weighted by molar-refractivity contribution is 6.31. The summed E-state index contributed by atoms with van der Waals surface area (Å²) < 4.78 is 5.52. The van der Waals surface area contributed by atoms with Gasteiger partial charge in [0.1, 0.15) is 11.6 Å². The second-order valence-corrected chi connectivity index (χ2v) is 5.04. The van der Waals surface area contributed by atoms with E-state index in [1.807, 2.05) is 0 Å². The highest BCUT2D eigenvalue weighted by Gasteiger charge is 2.09. The largest absolute Gasteiger partial charge is 0.471 e.